The Labute approximate surface area is 65.0 Å². The minimum absolute atomic E-state index is 0.250. The van der Waals surface area contributed by atoms with Crippen molar-refractivity contribution in [1.82, 2.24) is 5.32 Å². The molecule has 0 aliphatic rings. The second-order valence-corrected chi connectivity index (χ2v) is 1.71. The Morgan fingerprint density at radius 2 is 2.00 bits per heavy atom. The van der Waals surface area contributed by atoms with Crippen molar-refractivity contribution in [2.24, 2.45) is 0 Å². The van der Waals surface area contributed by atoms with E-state index in [0.29, 0.717) is 0 Å². The average molecular weight is 166 g/mol. The van der Waals surface area contributed by atoms with Gasteiger partial charge in [-0.2, -0.15) is 0 Å². The molecule has 0 aromatic rings. The summed E-state index contributed by atoms with van der Waals surface area (Å²) in [7, 11) is 0. The van der Waals surface area contributed by atoms with Crippen LogP contribution < -0.4 is 5.32 Å². The highest BCUT2D eigenvalue weighted by Crippen LogP contribution is 1.66. The molecule has 3 N–H and O–H groups in total. The first-order valence-corrected chi connectivity index (χ1v) is 3.30. The smallest absolute Gasteiger partial charge is 0.291 e. The van der Waals surface area contributed by atoms with Crippen molar-refractivity contribution in [3.8, 4) is 0 Å². The molecule has 6 heteroatoms. The number of nitrogens with zero attached hydrogens (tertiary/aromatic N) is 1. The maximum Gasteiger partial charge on any atom is 0.291 e. The minimum atomic E-state index is -1.50. The largest absolute Gasteiger partial charge is 0.395 e. The van der Waals surface area contributed by atoms with Gasteiger partial charge in [0.2, 0.25) is 0 Å². The molecule has 6 nitrogen and oxygen atoms in total. The SMILES string of the molecule is CCCNCCO.O=[N+]([O-])O. The van der Waals surface area contributed by atoms with Crippen LogP contribution >= 0.6 is 0 Å². The van der Waals surface area contributed by atoms with Gasteiger partial charge in [-0.3, -0.25) is 0 Å². The van der Waals surface area contributed by atoms with E-state index in [9.17, 15) is 0 Å². The molecular weight excluding hydrogens is 152 g/mol. The fraction of sp³-hybridized carbons (Fsp3) is 1.00. The lowest BCUT2D eigenvalue weighted by atomic mass is 10.5. The summed E-state index contributed by atoms with van der Waals surface area (Å²) in [5.74, 6) is 0. The molecule has 68 valence electrons. The van der Waals surface area contributed by atoms with Crippen molar-refractivity contribution in [1.29, 1.82) is 0 Å². The Morgan fingerprint density at radius 1 is 1.55 bits per heavy atom. The number of aliphatic hydroxyl groups is 1. The second kappa shape index (κ2) is 11.9. The first-order chi connectivity index (χ1) is 5.15. The highest BCUT2D eigenvalue weighted by Gasteiger charge is 1.77. The molecule has 0 saturated carbocycles. The van der Waals surface area contributed by atoms with Crippen molar-refractivity contribution in [3.05, 3.63) is 10.1 Å². The second-order valence-electron chi connectivity index (χ2n) is 1.71. The minimum Gasteiger partial charge on any atom is -0.395 e. The summed E-state index contributed by atoms with van der Waals surface area (Å²) in [6.45, 7) is 4.10. The van der Waals surface area contributed by atoms with Gasteiger partial charge in [-0.25, -0.2) is 0 Å². The van der Waals surface area contributed by atoms with Crippen molar-refractivity contribution in [2.75, 3.05) is 19.7 Å². The third-order valence-corrected chi connectivity index (χ3v) is 0.715. The molecule has 11 heavy (non-hydrogen) atoms. The van der Waals surface area contributed by atoms with Crippen LogP contribution in [0.15, 0.2) is 0 Å². The summed E-state index contributed by atoms with van der Waals surface area (Å²) < 4.78 is 0. The van der Waals surface area contributed by atoms with Gasteiger partial charge in [0.15, 0.2) is 0 Å². The number of rotatable bonds is 4. The molecule has 0 heterocycles. The molecule has 0 atom stereocenters. The monoisotopic (exact) mass is 166 g/mol. The zero-order valence-electron chi connectivity index (χ0n) is 6.49. The summed E-state index contributed by atoms with van der Waals surface area (Å²) in [6, 6.07) is 0. The molecule has 0 spiro atoms. The Hall–Kier alpha value is -0.880. The lowest BCUT2D eigenvalue weighted by molar-refractivity contribution is -0.742. The third kappa shape index (κ3) is 47.5. The predicted molar refractivity (Wildman–Crippen MR) is 39.0 cm³/mol. The number of hydrogen-bond donors (Lipinski definition) is 3. The maximum atomic E-state index is 8.36. The Kier molecular flexibility index (Phi) is 13.8. The quantitative estimate of drug-likeness (QED) is 0.301. The molecule has 0 aromatic heterocycles. The zero-order valence-corrected chi connectivity index (χ0v) is 6.49. The van der Waals surface area contributed by atoms with Crippen molar-refractivity contribution >= 4 is 0 Å². The molecular formula is C5H14N2O4. The standard InChI is InChI=1S/C5H13NO.HNO3/c1-2-3-6-4-5-7;2-1(3)4/h6-7H,2-5H2,1H3;(H,2,3,4). The van der Waals surface area contributed by atoms with Gasteiger partial charge in [-0.1, -0.05) is 6.92 Å². The van der Waals surface area contributed by atoms with Gasteiger partial charge in [0.1, 0.15) is 0 Å². The van der Waals surface area contributed by atoms with E-state index in [2.05, 4.69) is 12.2 Å². The van der Waals surface area contributed by atoms with Crippen LogP contribution in [0.5, 0.6) is 0 Å². The van der Waals surface area contributed by atoms with Crippen LogP contribution in [0.3, 0.4) is 0 Å². The fourth-order valence-corrected chi connectivity index (χ4v) is 0.381. The Balaban J connectivity index is 0. The normalized spacial score (nSPS) is 8.18. The lowest BCUT2D eigenvalue weighted by Gasteiger charge is -1.95. The van der Waals surface area contributed by atoms with Gasteiger partial charge in [0, 0.05) is 6.54 Å². The first kappa shape index (κ1) is 12.8. The summed E-state index contributed by atoms with van der Waals surface area (Å²) in [6.07, 6.45) is 1.14. The van der Waals surface area contributed by atoms with Crippen LogP contribution in [0.25, 0.3) is 0 Å². The van der Waals surface area contributed by atoms with Gasteiger partial charge >= 0.3 is 0 Å². The van der Waals surface area contributed by atoms with Crippen molar-refractivity contribution in [3.63, 3.8) is 0 Å². The molecule has 0 saturated heterocycles. The first-order valence-electron chi connectivity index (χ1n) is 3.30. The van der Waals surface area contributed by atoms with Crippen LogP contribution in [-0.4, -0.2) is 35.1 Å². The van der Waals surface area contributed by atoms with Gasteiger partial charge in [0.05, 0.1) is 6.61 Å². The van der Waals surface area contributed by atoms with Crippen LogP contribution in [0, 0.1) is 10.1 Å². The summed E-state index contributed by atoms with van der Waals surface area (Å²) >= 11 is 0. The van der Waals surface area contributed by atoms with Crippen LogP contribution in [0.2, 0.25) is 0 Å². The Morgan fingerprint density at radius 3 is 2.27 bits per heavy atom. The molecule has 0 radical (unpaired) electrons. The molecule has 0 fully saturated rings. The molecule has 0 aliphatic carbocycles. The molecule has 0 aliphatic heterocycles. The molecule has 0 unspecified atom stereocenters. The van der Waals surface area contributed by atoms with Crippen LogP contribution in [-0.2, 0) is 0 Å². The maximum absolute atomic E-state index is 8.36. The van der Waals surface area contributed by atoms with Crippen molar-refractivity contribution < 1.29 is 15.4 Å². The molecule has 0 amide bonds. The molecule has 0 aromatic carbocycles. The summed E-state index contributed by atoms with van der Waals surface area (Å²) in [5.41, 5.74) is 0. The summed E-state index contributed by atoms with van der Waals surface area (Å²) in [5, 5.41) is 24.9. The van der Waals surface area contributed by atoms with Gasteiger partial charge in [-0.05, 0) is 13.0 Å². The summed E-state index contributed by atoms with van der Waals surface area (Å²) in [4.78, 5) is 8.36. The highest BCUT2D eigenvalue weighted by atomic mass is 16.9. The molecule has 0 bridgehead atoms. The number of nitrogens with one attached hydrogen (secondary N) is 1. The number of aliphatic hydroxyl groups excluding tert-OH is 1. The molecule has 0 rings (SSSR count). The van der Waals surface area contributed by atoms with E-state index in [4.69, 9.17) is 20.4 Å². The van der Waals surface area contributed by atoms with Gasteiger partial charge in [0.25, 0.3) is 5.09 Å². The third-order valence-electron chi connectivity index (χ3n) is 0.715. The van der Waals surface area contributed by atoms with Gasteiger partial charge < -0.3 is 15.6 Å². The van der Waals surface area contributed by atoms with Crippen molar-refractivity contribution in [2.45, 2.75) is 13.3 Å². The fourth-order valence-electron chi connectivity index (χ4n) is 0.381. The van der Waals surface area contributed by atoms with E-state index in [1.54, 1.807) is 0 Å². The Bertz CT molecular complexity index is 80.6. The van der Waals surface area contributed by atoms with E-state index in [0.717, 1.165) is 19.5 Å². The van der Waals surface area contributed by atoms with E-state index in [-0.39, 0.29) is 6.61 Å². The van der Waals surface area contributed by atoms with Crippen LogP contribution in [0.4, 0.5) is 0 Å². The van der Waals surface area contributed by atoms with E-state index < -0.39 is 5.09 Å². The zero-order chi connectivity index (χ0) is 9.11. The van der Waals surface area contributed by atoms with E-state index in [1.165, 1.54) is 0 Å². The predicted octanol–water partition coefficient (Wildman–Crippen LogP) is -0.369. The number of hydrogen-bond acceptors (Lipinski definition) is 4. The van der Waals surface area contributed by atoms with Gasteiger partial charge in [-0.15, -0.1) is 10.1 Å². The van der Waals surface area contributed by atoms with E-state index in [1.807, 2.05) is 0 Å². The van der Waals surface area contributed by atoms with Crippen LogP contribution in [0.1, 0.15) is 13.3 Å². The topological polar surface area (TPSA) is 95.6 Å². The average Bonchev–Trinajstić information content (AvgIpc) is 1.88. The lowest BCUT2D eigenvalue weighted by Crippen LogP contribution is -2.18. The highest BCUT2D eigenvalue weighted by molar-refractivity contribution is 4.39. The van der Waals surface area contributed by atoms with E-state index >= 15 is 0 Å².